The molecule has 0 spiro atoms. The summed E-state index contributed by atoms with van der Waals surface area (Å²) in [6, 6.07) is 4.27. The fourth-order valence-electron chi connectivity index (χ4n) is 2.51. The van der Waals surface area contributed by atoms with E-state index in [0.29, 0.717) is 25.1 Å². The number of rotatable bonds is 2. The lowest BCUT2D eigenvalue weighted by Gasteiger charge is -2.25. The van der Waals surface area contributed by atoms with Gasteiger partial charge in [0.05, 0.1) is 11.1 Å². The molecule has 0 bridgehead atoms. The van der Waals surface area contributed by atoms with Crippen LogP contribution in [0.3, 0.4) is 0 Å². The largest absolute Gasteiger partial charge is 0.444 e. The summed E-state index contributed by atoms with van der Waals surface area (Å²) in [5, 5.41) is 10.4. The molecular weight excluding hydrogens is 309 g/mol. The molecule has 1 amide bonds. The predicted octanol–water partition coefficient (Wildman–Crippen LogP) is 3.77. The van der Waals surface area contributed by atoms with Gasteiger partial charge >= 0.3 is 6.09 Å². The van der Waals surface area contributed by atoms with E-state index in [1.54, 1.807) is 11.0 Å². The van der Waals surface area contributed by atoms with Crippen molar-refractivity contribution < 1.29 is 19.0 Å². The first-order valence-electron chi connectivity index (χ1n) is 7.28. The number of likely N-dealkylation sites (tertiary alicyclic amines) is 1. The highest BCUT2D eigenvalue weighted by atomic mass is 35.5. The third-order valence-corrected chi connectivity index (χ3v) is 3.91. The van der Waals surface area contributed by atoms with Crippen LogP contribution in [-0.2, 0) is 4.74 Å². The van der Waals surface area contributed by atoms with Crippen LogP contribution in [0.4, 0.5) is 9.18 Å². The maximum absolute atomic E-state index is 13.5. The molecule has 1 aliphatic rings. The fourth-order valence-corrected chi connectivity index (χ4v) is 2.62. The van der Waals surface area contributed by atoms with Crippen LogP contribution in [0.5, 0.6) is 0 Å². The van der Waals surface area contributed by atoms with Crippen LogP contribution in [0.1, 0.15) is 38.9 Å². The third kappa shape index (κ3) is 4.11. The topological polar surface area (TPSA) is 49.8 Å². The Bertz CT molecular complexity index is 559. The molecule has 0 aromatic heterocycles. The number of halogens is 2. The zero-order valence-electron chi connectivity index (χ0n) is 13.0. The third-order valence-electron chi connectivity index (χ3n) is 3.61. The van der Waals surface area contributed by atoms with E-state index in [-0.39, 0.29) is 17.0 Å². The minimum absolute atomic E-state index is 0.0257. The van der Waals surface area contributed by atoms with Gasteiger partial charge in [-0.15, -0.1) is 0 Å². The van der Waals surface area contributed by atoms with Gasteiger partial charge in [-0.2, -0.15) is 0 Å². The first-order valence-corrected chi connectivity index (χ1v) is 7.66. The number of nitrogens with zero attached hydrogens (tertiary/aromatic N) is 1. The lowest BCUT2D eigenvalue weighted by molar-refractivity contribution is 0.0268. The van der Waals surface area contributed by atoms with E-state index in [9.17, 15) is 14.3 Å². The van der Waals surface area contributed by atoms with E-state index in [0.717, 1.165) is 0 Å². The number of benzene rings is 1. The van der Waals surface area contributed by atoms with Crippen molar-refractivity contribution in [2.24, 2.45) is 5.92 Å². The van der Waals surface area contributed by atoms with E-state index in [4.69, 9.17) is 16.3 Å². The van der Waals surface area contributed by atoms with Gasteiger partial charge in [0.1, 0.15) is 11.4 Å². The molecule has 0 aliphatic carbocycles. The number of amides is 1. The van der Waals surface area contributed by atoms with Crippen molar-refractivity contribution in [2.75, 3.05) is 13.1 Å². The van der Waals surface area contributed by atoms with Crippen molar-refractivity contribution in [3.63, 3.8) is 0 Å². The second-order valence-corrected chi connectivity index (χ2v) is 7.00. The van der Waals surface area contributed by atoms with Crippen LogP contribution in [0, 0.1) is 11.7 Å². The second-order valence-electron chi connectivity index (χ2n) is 6.59. The molecule has 1 aliphatic heterocycles. The molecule has 22 heavy (non-hydrogen) atoms. The lowest BCUT2D eigenvalue weighted by atomic mass is 9.95. The molecule has 4 nitrogen and oxygen atoms in total. The maximum Gasteiger partial charge on any atom is 0.410 e. The van der Waals surface area contributed by atoms with Gasteiger partial charge in [0.25, 0.3) is 0 Å². The van der Waals surface area contributed by atoms with Crippen molar-refractivity contribution in [1.29, 1.82) is 0 Å². The van der Waals surface area contributed by atoms with Gasteiger partial charge in [-0.05, 0) is 44.9 Å². The molecule has 1 heterocycles. The number of hydrogen-bond donors (Lipinski definition) is 1. The highest BCUT2D eigenvalue weighted by Gasteiger charge is 2.34. The summed E-state index contributed by atoms with van der Waals surface area (Å²) in [6.07, 6.45) is -0.575. The van der Waals surface area contributed by atoms with Gasteiger partial charge in [0.15, 0.2) is 0 Å². The highest BCUT2D eigenvalue weighted by Crippen LogP contribution is 2.32. The Labute approximate surface area is 134 Å². The fraction of sp³-hybridized carbons (Fsp3) is 0.562. The summed E-state index contributed by atoms with van der Waals surface area (Å²) in [6.45, 7) is 6.34. The molecule has 122 valence electrons. The van der Waals surface area contributed by atoms with Gasteiger partial charge in [-0.3, -0.25) is 0 Å². The monoisotopic (exact) mass is 329 g/mol. The molecule has 0 radical (unpaired) electrons. The summed E-state index contributed by atoms with van der Waals surface area (Å²) in [7, 11) is 0. The molecule has 1 fully saturated rings. The van der Waals surface area contributed by atoms with Crippen molar-refractivity contribution >= 4 is 17.7 Å². The predicted molar refractivity (Wildman–Crippen MR) is 82.3 cm³/mol. The summed E-state index contributed by atoms with van der Waals surface area (Å²) >= 11 is 5.65. The van der Waals surface area contributed by atoms with Crippen molar-refractivity contribution in [2.45, 2.75) is 38.9 Å². The summed E-state index contributed by atoms with van der Waals surface area (Å²) in [5.74, 6) is -0.701. The molecule has 0 saturated carbocycles. The SMILES string of the molecule is CC(C)(C)OC(=O)N1CC[C@@H](C(O)c2ccc(Cl)c(F)c2)C1. The normalized spacial score (nSPS) is 20.1. The van der Waals surface area contributed by atoms with Crippen LogP contribution >= 0.6 is 11.6 Å². The molecule has 2 rings (SSSR count). The Balaban J connectivity index is 2.00. The molecule has 6 heteroatoms. The molecule has 1 aromatic rings. The molecule has 2 atom stereocenters. The van der Waals surface area contributed by atoms with E-state index < -0.39 is 17.5 Å². The van der Waals surface area contributed by atoms with E-state index in [1.165, 1.54) is 12.1 Å². The van der Waals surface area contributed by atoms with Crippen molar-refractivity contribution in [3.05, 3.63) is 34.6 Å². The Kier molecular flexibility index (Phi) is 4.97. The van der Waals surface area contributed by atoms with Crippen molar-refractivity contribution in [1.82, 2.24) is 4.90 Å². The van der Waals surface area contributed by atoms with Gasteiger partial charge < -0.3 is 14.7 Å². The van der Waals surface area contributed by atoms with E-state index in [2.05, 4.69) is 0 Å². The molecule has 1 N–H and O–H groups in total. The molecular formula is C16H21ClFNO3. The smallest absolute Gasteiger partial charge is 0.410 e. The van der Waals surface area contributed by atoms with Crippen molar-refractivity contribution in [3.8, 4) is 0 Å². The zero-order chi connectivity index (χ0) is 16.5. The Morgan fingerprint density at radius 1 is 1.50 bits per heavy atom. The second kappa shape index (κ2) is 6.42. The van der Waals surface area contributed by atoms with Gasteiger partial charge in [0.2, 0.25) is 0 Å². The Morgan fingerprint density at radius 3 is 2.77 bits per heavy atom. The van der Waals surface area contributed by atoms with E-state index in [1.807, 2.05) is 20.8 Å². The standard InChI is InChI=1S/C16H21ClFNO3/c1-16(2,3)22-15(21)19-7-6-11(9-19)14(20)10-4-5-12(17)13(18)8-10/h4-5,8,11,14,20H,6-7,9H2,1-3H3/t11-,14?/m1/s1. The zero-order valence-corrected chi connectivity index (χ0v) is 13.7. The highest BCUT2D eigenvalue weighted by molar-refractivity contribution is 6.30. The average Bonchev–Trinajstić information content (AvgIpc) is 2.89. The van der Waals surface area contributed by atoms with Crippen LogP contribution in [0.2, 0.25) is 5.02 Å². The van der Waals surface area contributed by atoms with Crippen LogP contribution in [0.25, 0.3) is 0 Å². The first-order chi connectivity index (χ1) is 10.2. The van der Waals surface area contributed by atoms with Crippen LogP contribution in [-0.4, -0.2) is 34.8 Å². The summed E-state index contributed by atoms with van der Waals surface area (Å²) in [5.41, 5.74) is -0.0782. The van der Waals surface area contributed by atoms with Gasteiger partial charge in [-0.1, -0.05) is 17.7 Å². The number of ether oxygens (including phenoxy) is 1. The van der Waals surface area contributed by atoms with Gasteiger partial charge in [-0.25, -0.2) is 9.18 Å². The lowest BCUT2D eigenvalue weighted by Crippen LogP contribution is -2.35. The number of carbonyl (C=O) groups excluding carboxylic acids is 1. The van der Waals surface area contributed by atoms with Crippen LogP contribution < -0.4 is 0 Å². The molecule has 1 unspecified atom stereocenters. The number of carbonyl (C=O) groups is 1. The average molecular weight is 330 g/mol. The summed E-state index contributed by atoms with van der Waals surface area (Å²) < 4.78 is 18.8. The van der Waals surface area contributed by atoms with E-state index >= 15 is 0 Å². The minimum Gasteiger partial charge on any atom is -0.444 e. The number of aliphatic hydroxyl groups excluding tert-OH is 1. The number of hydrogen-bond acceptors (Lipinski definition) is 3. The van der Waals surface area contributed by atoms with Crippen LogP contribution in [0.15, 0.2) is 18.2 Å². The Morgan fingerprint density at radius 2 is 2.18 bits per heavy atom. The quantitative estimate of drug-likeness (QED) is 0.898. The summed E-state index contributed by atoms with van der Waals surface area (Å²) in [4.78, 5) is 13.6. The molecule has 1 aromatic carbocycles. The Hall–Kier alpha value is -1.33. The first kappa shape index (κ1) is 17.0. The number of aliphatic hydroxyl groups is 1. The molecule has 1 saturated heterocycles. The minimum atomic E-state index is -0.834. The maximum atomic E-state index is 13.5. The van der Waals surface area contributed by atoms with Gasteiger partial charge in [0, 0.05) is 19.0 Å².